The van der Waals surface area contributed by atoms with Crippen molar-refractivity contribution in [2.24, 2.45) is 0 Å². The number of hydrogen-bond donors (Lipinski definition) is 0. The second-order valence-electron chi connectivity index (χ2n) is 10.6. The summed E-state index contributed by atoms with van der Waals surface area (Å²) < 4.78 is 47.3. The standard InChI is InChI=1S/C34H31FN2O6/c1-34(20-41-21-34)37-27-16-24(33(38)40-3)14-15-26(27)36-32(37)25-17-28(39-2)30(42-18-22-10-6-4-7-11-22)31(29(25)35)43-19-23-12-8-5-9-13-23/h4-17H,18-21H2,1-3H3. The van der Waals surface area contributed by atoms with Crippen LogP contribution >= 0.6 is 0 Å². The molecule has 0 bridgehead atoms. The van der Waals surface area contributed by atoms with Crippen LogP contribution in [0, 0.1) is 5.82 Å². The lowest BCUT2D eigenvalue weighted by Crippen LogP contribution is -2.49. The SMILES string of the molecule is COC(=O)c1ccc2nc(-c3cc(OC)c(OCc4ccccc4)c(OCc4ccccc4)c3F)n(C3(C)COC3)c2c1. The summed E-state index contributed by atoms with van der Waals surface area (Å²) in [5.74, 6) is -0.420. The van der Waals surface area contributed by atoms with Crippen LogP contribution < -0.4 is 14.2 Å². The minimum atomic E-state index is -0.645. The van der Waals surface area contributed by atoms with Crippen molar-refractivity contribution in [3.8, 4) is 28.6 Å². The maximum absolute atomic E-state index is 16.8. The van der Waals surface area contributed by atoms with E-state index in [9.17, 15) is 4.79 Å². The van der Waals surface area contributed by atoms with Crippen molar-refractivity contribution in [3.05, 3.63) is 107 Å². The van der Waals surface area contributed by atoms with Crippen LogP contribution in [0.1, 0.15) is 28.4 Å². The molecule has 0 spiro atoms. The molecule has 1 aromatic heterocycles. The Morgan fingerprint density at radius 1 is 0.907 bits per heavy atom. The Labute approximate surface area is 248 Å². The molecule has 6 rings (SSSR count). The number of carbonyl (C=O) groups is 1. The van der Waals surface area contributed by atoms with Crippen LogP contribution in [-0.2, 0) is 28.2 Å². The van der Waals surface area contributed by atoms with Gasteiger partial charge in [-0.3, -0.25) is 0 Å². The van der Waals surface area contributed by atoms with Gasteiger partial charge in [0.1, 0.15) is 19.0 Å². The molecule has 8 nitrogen and oxygen atoms in total. The van der Waals surface area contributed by atoms with Crippen LogP contribution in [0.2, 0.25) is 0 Å². The zero-order valence-corrected chi connectivity index (χ0v) is 24.1. The van der Waals surface area contributed by atoms with Gasteiger partial charge < -0.3 is 28.3 Å². The molecule has 1 fully saturated rings. The van der Waals surface area contributed by atoms with Crippen molar-refractivity contribution >= 4 is 17.0 Å². The number of nitrogens with zero attached hydrogens (tertiary/aromatic N) is 2. The highest BCUT2D eigenvalue weighted by Crippen LogP contribution is 2.47. The van der Waals surface area contributed by atoms with Gasteiger partial charge in [-0.2, -0.15) is 0 Å². The van der Waals surface area contributed by atoms with Crippen molar-refractivity contribution < 1.29 is 32.9 Å². The van der Waals surface area contributed by atoms with Gasteiger partial charge in [-0.05, 0) is 42.3 Å². The van der Waals surface area contributed by atoms with Crippen molar-refractivity contribution in [1.82, 2.24) is 9.55 Å². The quantitative estimate of drug-likeness (QED) is 0.173. The number of rotatable bonds is 10. The number of fused-ring (bicyclic) bond motifs is 1. The third-order valence-corrected chi connectivity index (χ3v) is 7.50. The normalized spacial score (nSPS) is 13.8. The van der Waals surface area contributed by atoms with Gasteiger partial charge in [0.2, 0.25) is 11.5 Å². The Kier molecular flexibility index (Phi) is 7.73. The lowest BCUT2D eigenvalue weighted by Gasteiger charge is -2.41. The van der Waals surface area contributed by atoms with E-state index >= 15 is 4.39 Å². The molecule has 1 aliphatic rings. The molecule has 0 unspecified atom stereocenters. The van der Waals surface area contributed by atoms with E-state index in [1.54, 1.807) is 24.3 Å². The Morgan fingerprint density at radius 3 is 2.09 bits per heavy atom. The van der Waals surface area contributed by atoms with E-state index in [0.717, 1.165) is 11.1 Å². The van der Waals surface area contributed by atoms with Gasteiger partial charge in [0, 0.05) is 0 Å². The molecule has 1 saturated heterocycles. The summed E-state index contributed by atoms with van der Waals surface area (Å²) in [6, 6.07) is 25.7. The summed E-state index contributed by atoms with van der Waals surface area (Å²) in [6.45, 7) is 3.08. The van der Waals surface area contributed by atoms with Crippen LogP contribution in [0.3, 0.4) is 0 Å². The smallest absolute Gasteiger partial charge is 0.337 e. The zero-order valence-electron chi connectivity index (χ0n) is 24.1. The van der Waals surface area contributed by atoms with Crippen molar-refractivity contribution in [3.63, 3.8) is 0 Å². The van der Waals surface area contributed by atoms with Gasteiger partial charge in [0.05, 0.1) is 55.1 Å². The first kappa shape index (κ1) is 28.2. The molecule has 0 radical (unpaired) electrons. The minimum absolute atomic E-state index is 0.0852. The van der Waals surface area contributed by atoms with Crippen LogP contribution in [0.5, 0.6) is 17.2 Å². The molecule has 0 amide bonds. The predicted molar refractivity (Wildman–Crippen MR) is 159 cm³/mol. The van der Waals surface area contributed by atoms with Gasteiger partial charge in [0.15, 0.2) is 11.6 Å². The van der Waals surface area contributed by atoms with Gasteiger partial charge in [-0.25, -0.2) is 14.2 Å². The molecule has 0 aliphatic carbocycles. The third kappa shape index (κ3) is 5.39. The van der Waals surface area contributed by atoms with E-state index in [4.69, 9.17) is 28.7 Å². The maximum Gasteiger partial charge on any atom is 0.337 e. The molecule has 2 heterocycles. The number of methoxy groups -OCH3 is 2. The number of aromatic nitrogens is 2. The lowest BCUT2D eigenvalue weighted by molar-refractivity contribution is -0.0868. The zero-order chi connectivity index (χ0) is 30.0. The molecule has 220 valence electrons. The lowest BCUT2D eigenvalue weighted by atomic mass is 9.98. The number of ether oxygens (including phenoxy) is 5. The van der Waals surface area contributed by atoms with Crippen molar-refractivity contribution in [1.29, 1.82) is 0 Å². The van der Waals surface area contributed by atoms with E-state index < -0.39 is 17.3 Å². The highest BCUT2D eigenvalue weighted by atomic mass is 19.1. The van der Waals surface area contributed by atoms with Crippen molar-refractivity contribution in [2.75, 3.05) is 27.4 Å². The first-order valence-electron chi connectivity index (χ1n) is 13.8. The fourth-order valence-electron chi connectivity index (χ4n) is 5.21. The van der Waals surface area contributed by atoms with Crippen LogP contribution in [0.25, 0.3) is 22.4 Å². The van der Waals surface area contributed by atoms with E-state index in [0.29, 0.717) is 41.4 Å². The summed E-state index contributed by atoms with van der Waals surface area (Å²) >= 11 is 0. The van der Waals surface area contributed by atoms with Crippen molar-refractivity contribution in [2.45, 2.75) is 25.7 Å². The number of imidazole rings is 1. The Morgan fingerprint density at radius 2 is 1.53 bits per heavy atom. The monoisotopic (exact) mass is 582 g/mol. The van der Waals surface area contributed by atoms with Gasteiger partial charge >= 0.3 is 5.97 Å². The van der Waals surface area contributed by atoms with E-state index in [2.05, 4.69) is 0 Å². The molecule has 0 N–H and O–H groups in total. The maximum atomic E-state index is 16.8. The minimum Gasteiger partial charge on any atom is -0.493 e. The van der Waals surface area contributed by atoms with Crippen LogP contribution in [-0.4, -0.2) is 43.0 Å². The summed E-state index contributed by atoms with van der Waals surface area (Å²) in [5.41, 5.74) is 3.00. The number of benzene rings is 4. The van der Waals surface area contributed by atoms with Gasteiger partial charge in [-0.1, -0.05) is 60.7 Å². The summed E-state index contributed by atoms with van der Waals surface area (Å²) in [4.78, 5) is 17.2. The van der Waals surface area contributed by atoms with E-state index in [1.807, 2.05) is 72.2 Å². The Hall–Kier alpha value is -4.89. The average molecular weight is 583 g/mol. The van der Waals surface area contributed by atoms with Gasteiger partial charge in [0.25, 0.3) is 0 Å². The van der Waals surface area contributed by atoms with E-state index in [1.165, 1.54) is 14.2 Å². The fourth-order valence-corrected chi connectivity index (χ4v) is 5.21. The predicted octanol–water partition coefficient (Wildman–Crippen LogP) is 6.54. The number of halogens is 1. The first-order chi connectivity index (χ1) is 20.9. The highest BCUT2D eigenvalue weighted by Gasteiger charge is 2.40. The molecule has 0 saturated carbocycles. The molecule has 5 aromatic rings. The molecule has 43 heavy (non-hydrogen) atoms. The number of esters is 1. The third-order valence-electron chi connectivity index (χ3n) is 7.50. The molecule has 1 aliphatic heterocycles. The van der Waals surface area contributed by atoms with Crippen LogP contribution in [0.15, 0.2) is 84.9 Å². The molecule has 4 aromatic carbocycles. The Bertz CT molecular complexity index is 1770. The molecule has 9 heteroatoms. The fraction of sp³-hybridized carbons (Fsp3) is 0.235. The average Bonchev–Trinajstić information content (AvgIpc) is 3.41. The molecule has 0 atom stereocenters. The summed E-state index contributed by atoms with van der Waals surface area (Å²) in [7, 11) is 2.83. The largest absolute Gasteiger partial charge is 0.493 e. The topological polar surface area (TPSA) is 81.0 Å². The van der Waals surface area contributed by atoms with Gasteiger partial charge in [-0.15, -0.1) is 0 Å². The second kappa shape index (κ2) is 11.8. The Balaban J connectivity index is 1.52. The number of hydrogen-bond acceptors (Lipinski definition) is 7. The molecular weight excluding hydrogens is 551 g/mol. The number of carbonyl (C=O) groups excluding carboxylic acids is 1. The first-order valence-corrected chi connectivity index (χ1v) is 13.8. The van der Waals surface area contributed by atoms with E-state index in [-0.39, 0.29) is 30.3 Å². The van der Waals surface area contributed by atoms with Crippen LogP contribution in [0.4, 0.5) is 4.39 Å². The molecular formula is C34H31FN2O6. The second-order valence-corrected chi connectivity index (χ2v) is 10.6. The summed E-state index contributed by atoms with van der Waals surface area (Å²) in [6.07, 6.45) is 0. The summed E-state index contributed by atoms with van der Waals surface area (Å²) in [5, 5.41) is 0. The highest BCUT2D eigenvalue weighted by molar-refractivity contribution is 5.94.